The van der Waals surface area contributed by atoms with E-state index in [-0.39, 0.29) is 17.9 Å². The molecule has 0 aliphatic heterocycles. The van der Waals surface area contributed by atoms with Crippen molar-refractivity contribution in [2.45, 2.75) is 75.9 Å². The maximum Gasteiger partial charge on any atom is 0.243 e. The molecule has 33 heavy (non-hydrogen) atoms. The van der Waals surface area contributed by atoms with Gasteiger partial charge >= 0.3 is 0 Å². The molecule has 0 heterocycles. The first kappa shape index (κ1) is 25.2. The van der Waals surface area contributed by atoms with E-state index in [1.54, 1.807) is 23.8 Å². The number of rotatable bonds is 11. The summed E-state index contributed by atoms with van der Waals surface area (Å²) < 4.78 is 5.36. The Hall–Kier alpha value is -2.47. The predicted octanol–water partition coefficient (Wildman–Crippen LogP) is 5.35. The second kappa shape index (κ2) is 12.7. The molecule has 1 atom stereocenters. The van der Waals surface area contributed by atoms with Gasteiger partial charge in [-0.3, -0.25) is 9.59 Å². The van der Waals surface area contributed by atoms with Crippen LogP contribution in [0.2, 0.25) is 0 Å². The van der Waals surface area contributed by atoms with E-state index in [1.807, 2.05) is 31.2 Å². The summed E-state index contributed by atoms with van der Waals surface area (Å²) in [5, 5.41) is 3.20. The highest BCUT2D eigenvalue weighted by Crippen LogP contribution is 2.23. The fourth-order valence-electron chi connectivity index (χ4n) is 4.29. The van der Waals surface area contributed by atoms with Crippen molar-refractivity contribution in [3.8, 4) is 5.75 Å². The van der Waals surface area contributed by atoms with Gasteiger partial charge in [-0.05, 0) is 56.0 Å². The molecule has 6 heteroatoms. The number of thioether (sulfide) groups is 1. The number of carbonyl (C=O) groups excluding carboxylic acids is 2. The molecule has 0 unspecified atom stereocenters. The monoisotopic (exact) mass is 468 g/mol. The molecule has 2 aromatic rings. The van der Waals surface area contributed by atoms with Crippen molar-refractivity contribution >= 4 is 23.6 Å². The maximum atomic E-state index is 13.4. The first-order chi connectivity index (χ1) is 16.0. The lowest BCUT2D eigenvalue weighted by Gasteiger charge is -2.31. The summed E-state index contributed by atoms with van der Waals surface area (Å²) in [6, 6.07) is 15.8. The summed E-state index contributed by atoms with van der Waals surface area (Å²) >= 11 is 1.67. The maximum absolute atomic E-state index is 13.4. The van der Waals surface area contributed by atoms with Crippen molar-refractivity contribution in [1.82, 2.24) is 10.2 Å². The van der Waals surface area contributed by atoms with Gasteiger partial charge in [0, 0.05) is 29.7 Å². The van der Waals surface area contributed by atoms with Crippen LogP contribution in [0.15, 0.2) is 53.4 Å². The summed E-state index contributed by atoms with van der Waals surface area (Å²) in [6.07, 6.45) is 5.34. The molecular weight excluding hydrogens is 432 g/mol. The lowest BCUT2D eigenvalue weighted by molar-refractivity contribution is -0.141. The zero-order chi connectivity index (χ0) is 23.6. The Balaban J connectivity index is 1.71. The number of benzene rings is 2. The molecule has 1 saturated carbocycles. The molecule has 5 nitrogen and oxygen atoms in total. The van der Waals surface area contributed by atoms with E-state index in [1.165, 1.54) is 5.56 Å². The van der Waals surface area contributed by atoms with Crippen molar-refractivity contribution in [3.05, 3.63) is 59.7 Å². The van der Waals surface area contributed by atoms with Gasteiger partial charge in [0.15, 0.2) is 0 Å². The standard InChI is InChI=1S/C27H36N2O3S/c1-4-25(27(31)28-22-9-5-6-10-22)29(19-21-8-7-11-23(18-21)32-3)26(30)16-17-33-24-14-12-20(2)13-15-24/h7-8,11-15,18,22,25H,4-6,9-10,16-17,19H2,1-3H3,(H,28,31)/t25-/m1/s1. The quantitative estimate of drug-likeness (QED) is 0.452. The number of aryl methyl sites for hydroxylation is 1. The number of ether oxygens (including phenoxy) is 1. The molecular formula is C27H36N2O3S. The number of nitrogens with one attached hydrogen (secondary N) is 1. The van der Waals surface area contributed by atoms with Crippen LogP contribution in [-0.2, 0) is 16.1 Å². The molecule has 0 spiro atoms. The highest BCUT2D eigenvalue weighted by atomic mass is 32.2. The number of methoxy groups -OCH3 is 1. The summed E-state index contributed by atoms with van der Waals surface area (Å²) in [4.78, 5) is 29.5. The van der Waals surface area contributed by atoms with Gasteiger partial charge in [-0.2, -0.15) is 0 Å². The highest BCUT2D eigenvalue weighted by Gasteiger charge is 2.30. The summed E-state index contributed by atoms with van der Waals surface area (Å²) in [6.45, 7) is 4.43. The molecule has 3 rings (SSSR count). The second-order valence-electron chi connectivity index (χ2n) is 8.70. The molecule has 2 aromatic carbocycles. The molecule has 0 saturated heterocycles. The fraction of sp³-hybridized carbons (Fsp3) is 0.481. The van der Waals surface area contributed by atoms with Crippen LogP contribution in [0.1, 0.15) is 56.6 Å². The van der Waals surface area contributed by atoms with Crippen molar-refractivity contribution in [2.75, 3.05) is 12.9 Å². The Kier molecular flexibility index (Phi) is 9.67. The van der Waals surface area contributed by atoms with Gasteiger partial charge in [-0.1, -0.05) is 49.6 Å². The van der Waals surface area contributed by atoms with Crippen LogP contribution in [0.3, 0.4) is 0 Å². The van der Waals surface area contributed by atoms with E-state index in [9.17, 15) is 9.59 Å². The van der Waals surface area contributed by atoms with Gasteiger partial charge in [-0.15, -0.1) is 11.8 Å². The first-order valence-electron chi connectivity index (χ1n) is 11.9. The SMILES string of the molecule is CC[C@H](C(=O)NC1CCCC1)N(Cc1cccc(OC)c1)C(=O)CCSc1ccc(C)cc1. The Morgan fingerprint density at radius 2 is 1.88 bits per heavy atom. The zero-order valence-electron chi connectivity index (χ0n) is 20.0. The van der Waals surface area contributed by atoms with Gasteiger partial charge in [-0.25, -0.2) is 0 Å². The van der Waals surface area contributed by atoms with Crippen molar-refractivity contribution in [2.24, 2.45) is 0 Å². The molecule has 1 aliphatic carbocycles. The van der Waals surface area contributed by atoms with Crippen LogP contribution in [-0.4, -0.2) is 41.7 Å². The largest absolute Gasteiger partial charge is 0.497 e. The molecule has 0 aromatic heterocycles. The lowest BCUT2D eigenvalue weighted by Crippen LogP contribution is -2.51. The van der Waals surface area contributed by atoms with E-state index in [0.29, 0.717) is 25.1 Å². The van der Waals surface area contributed by atoms with Crippen LogP contribution >= 0.6 is 11.8 Å². The van der Waals surface area contributed by atoms with E-state index in [2.05, 4.69) is 36.5 Å². The number of amides is 2. The Labute approximate surface area is 202 Å². The molecule has 178 valence electrons. The van der Waals surface area contributed by atoms with Crippen LogP contribution in [0.25, 0.3) is 0 Å². The third-order valence-corrected chi connectivity index (χ3v) is 7.19. The van der Waals surface area contributed by atoms with Crippen LogP contribution in [0.4, 0.5) is 0 Å². The Morgan fingerprint density at radius 1 is 1.15 bits per heavy atom. The van der Waals surface area contributed by atoms with E-state index >= 15 is 0 Å². The number of nitrogens with zero attached hydrogens (tertiary/aromatic N) is 1. The molecule has 0 radical (unpaired) electrons. The number of carbonyl (C=O) groups is 2. The predicted molar refractivity (Wildman–Crippen MR) is 135 cm³/mol. The van der Waals surface area contributed by atoms with Crippen molar-refractivity contribution in [3.63, 3.8) is 0 Å². The van der Waals surface area contributed by atoms with E-state index in [4.69, 9.17) is 4.74 Å². The van der Waals surface area contributed by atoms with Crippen molar-refractivity contribution in [1.29, 1.82) is 0 Å². The molecule has 1 N–H and O–H groups in total. The van der Waals surface area contributed by atoms with Crippen LogP contribution in [0, 0.1) is 6.92 Å². The topological polar surface area (TPSA) is 58.6 Å². The van der Waals surface area contributed by atoms with Crippen molar-refractivity contribution < 1.29 is 14.3 Å². The Morgan fingerprint density at radius 3 is 2.55 bits per heavy atom. The third-order valence-electron chi connectivity index (χ3n) is 6.18. The lowest BCUT2D eigenvalue weighted by atomic mass is 10.1. The summed E-state index contributed by atoms with van der Waals surface area (Å²) in [5.41, 5.74) is 2.18. The van der Waals surface area contributed by atoms with Gasteiger partial charge in [0.2, 0.25) is 11.8 Å². The second-order valence-corrected chi connectivity index (χ2v) is 9.87. The fourth-order valence-corrected chi connectivity index (χ4v) is 5.13. The van der Waals surface area contributed by atoms with Gasteiger partial charge in [0.25, 0.3) is 0 Å². The van der Waals surface area contributed by atoms with E-state index < -0.39 is 6.04 Å². The summed E-state index contributed by atoms with van der Waals surface area (Å²) in [5.74, 6) is 1.40. The molecule has 2 amide bonds. The summed E-state index contributed by atoms with van der Waals surface area (Å²) in [7, 11) is 1.63. The third kappa shape index (κ3) is 7.53. The average Bonchev–Trinajstić information content (AvgIpc) is 3.33. The van der Waals surface area contributed by atoms with Crippen LogP contribution in [0.5, 0.6) is 5.75 Å². The molecule has 1 aliphatic rings. The average molecular weight is 469 g/mol. The van der Waals surface area contributed by atoms with Gasteiger partial charge in [0.05, 0.1) is 7.11 Å². The normalized spacial score (nSPS) is 14.6. The Bertz CT molecular complexity index is 910. The van der Waals surface area contributed by atoms with Gasteiger partial charge in [0.1, 0.15) is 11.8 Å². The minimum Gasteiger partial charge on any atom is -0.497 e. The smallest absolute Gasteiger partial charge is 0.243 e. The first-order valence-corrected chi connectivity index (χ1v) is 12.9. The zero-order valence-corrected chi connectivity index (χ0v) is 20.8. The van der Waals surface area contributed by atoms with E-state index in [0.717, 1.165) is 41.9 Å². The molecule has 0 bridgehead atoms. The van der Waals surface area contributed by atoms with Gasteiger partial charge < -0.3 is 15.0 Å². The minimum absolute atomic E-state index is 0.00542. The van der Waals surface area contributed by atoms with Crippen LogP contribution < -0.4 is 10.1 Å². The highest BCUT2D eigenvalue weighted by molar-refractivity contribution is 7.99. The number of hydrogen-bond acceptors (Lipinski definition) is 4. The number of hydrogen-bond donors (Lipinski definition) is 1. The minimum atomic E-state index is -0.478. The molecule has 1 fully saturated rings.